The van der Waals surface area contributed by atoms with Crippen LogP contribution in [-0.2, 0) is 16.1 Å². The highest BCUT2D eigenvalue weighted by molar-refractivity contribution is 6.29. The van der Waals surface area contributed by atoms with E-state index in [0.29, 0.717) is 12.5 Å². The maximum Gasteiger partial charge on any atom is 0.408 e. The summed E-state index contributed by atoms with van der Waals surface area (Å²) in [5.74, 6) is -1.41. The van der Waals surface area contributed by atoms with Gasteiger partial charge in [0.05, 0.1) is 0 Å². The maximum absolute atomic E-state index is 15.1. The lowest BCUT2D eigenvalue weighted by molar-refractivity contribution is -0.141. The van der Waals surface area contributed by atoms with Crippen molar-refractivity contribution in [3.63, 3.8) is 0 Å². The van der Waals surface area contributed by atoms with Crippen LogP contribution in [0.25, 0.3) is 0 Å². The van der Waals surface area contributed by atoms with E-state index in [1.807, 2.05) is 0 Å². The third-order valence-electron chi connectivity index (χ3n) is 6.29. The fraction of sp³-hybridized carbons (Fsp3) is 0.538. The molecule has 0 spiro atoms. The Hall–Kier alpha value is -3.14. The monoisotopic (exact) mass is 536 g/mol. The topological polar surface area (TPSA) is 114 Å². The molecule has 1 aliphatic rings. The Kier molecular flexibility index (Phi) is 8.84. The maximum atomic E-state index is 15.1. The molecular formula is C26H34ClFN4O5. The first kappa shape index (κ1) is 28.4. The molecule has 3 rings (SSSR count). The first-order valence-corrected chi connectivity index (χ1v) is 12.7. The van der Waals surface area contributed by atoms with E-state index in [2.05, 4.69) is 15.5 Å². The summed E-state index contributed by atoms with van der Waals surface area (Å²) in [6.45, 7) is 8.85. The van der Waals surface area contributed by atoms with Crippen molar-refractivity contribution in [2.24, 2.45) is 5.92 Å². The van der Waals surface area contributed by atoms with Gasteiger partial charge in [-0.25, -0.2) is 14.0 Å². The zero-order chi connectivity index (χ0) is 27.4. The van der Waals surface area contributed by atoms with Crippen LogP contribution in [0.3, 0.4) is 0 Å². The highest BCUT2D eigenvalue weighted by atomic mass is 35.5. The number of aromatic nitrogens is 2. The van der Waals surface area contributed by atoms with Crippen molar-refractivity contribution < 1.29 is 28.2 Å². The van der Waals surface area contributed by atoms with Gasteiger partial charge >= 0.3 is 12.1 Å². The molecular weight excluding hydrogens is 503 g/mol. The number of nitrogens with zero attached hydrogens (tertiary/aromatic N) is 2. The van der Waals surface area contributed by atoms with Gasteiger partial charge in [0.2, 0.25) is 0 Å². The van der Waals surface area contributed by atoms with Crippen LogP contribution in [0.5, 0.6) is 5.75 Å². The average molecular weight is 537 g/mol. The lowest BCUT2D eigenvalue weighted by Crippen LogP contribution is -2.54. The SMILES string of the molecule is CC[C@@](C)(NC(=O)OC(C)(C)C)C(=O)Oc1ccc(CN(CC2CCC2)C(=O)c2cc(Cl)[nH]n2)c(F)c1. The number of alkyl carbamates (subject to hydrolysis) is 1. The van der Waals surface area contributed by atoms with Crippen molar-refractivity contribution >= 4 is 29.6 Å². The number of aromatic amines is 1. The van der Waals surface area contributed by atoms with Crippen LogP contribution in [0.4, 0.5) is 9.18 Å². The van der Waals surface area contributed by atoms with Gasteiger partial charge in [-0.1, -0.05) is 31.0 Å². The molecule has 2 N–H and O–H groups in total. The van der Waals surface area contributed by atoms with Gasteiger partial charge in [0.1, 0.15) is 27.9 Å². The first-order chi connectivity index (χ1) is 17.3. The molecule has 1 aliphatic carbocycles. The smallest absolute Gasteiger partial charge is 0.408 e. The highest BCUT2D eigenvalue weighted by Gasteiger charge is 2.37. The highest BCUT2D eigenvalue weighted by Crippen LogP contribution is 2.29. The summed E-state index contributed by atoms with van der Waals surface area (Å²) in [5.41, 5.74) is -1.70. The molecule has 202 valence electrons. The van der Waals surface area contributed by atoms with Crippen LogP contribution >= 0.6 is 11.6 Å². The normalized spacial score (nSPS) is 15.3. The second kappa shape index (κ2) is 11.5. The number of rotatable bonds is 9. The molecule has 2 amide bonds. The summed E-state index contributed by atoms with van der Waals surface area (Å²) >= 11 is 5.88. The number of amides is 2. The molecule has 2 aromatic rings. The van der Waals surface area contributed by atoms with E-state index < -0.39 is 29.0 Å². The van der Waals surface area contributed by atoms with Gasteiger partial charge in [-0.05, 0) is 58.9 Å². The van der Waals surface area contributed by atoms with Crippen LogP contribution in [0, 0.1) is 11.7 Å². The van der Waals surface area contributed by atoms with Crippen LogP contribution < -0.4 is 10.1 Å². The Morgan fingerprint density at radius 2 is 1.92 bits per heavy atom. The number of esters is 1. The van der Waals surface area contributed by atoms with Gasteiger partial charge in [0, 0.05) is 30.8 Å². The molecule has 0 radical (unpaired) electrons. The largest absolute Gasteiger partial charge is 0.444 e. The van der Waals surface area contributed by atoms with Gasteiger partial charge in [-0.15, -0.1) is 0 Å². The minimum atomic E-state index is -1.38. The minimum Gasteiger partial charge on any atom is -0.444 e. The van der Waals surface area contributed by atoms with E-state index in [-0.39, 0.29) is 41.0 Å². The fourth-order valence-electron chi connectivity index (χ4n) is 3.73. The van der Waals surface area contributed by atoms with Gasteiger partial charge in [0.25, 0.3) is 5.91 Å². The summed E-state index contributed by atoms with van der Waals surface area (Å²) in [7, 11) is 0. The molecule has 0 saturated heterocycles. The second-order valence-corrected chi connectivity index (χ2v) is 10.9. The Morgan fingerprint density at radius 1 is 1.22 bits per heavy atom. The van der Waals surface area contributed by atoms with E-state index in [1.54, 1.807) is 32.6 Å². The standard InChI is InChI=1S/C26H34ClFN4O5/c1-6-26(5,29-24(35)37-25(2,3)4)23(34)36-18-11-10-17(19(28)12-18)15-32(14-16-8-7-9-16)22(33)20-13-21(27)31-30-20/h10-13,16H,6-9,14-15H2,1-5H3,(H,29,35)(H,30,31)/t26-/m1/s1. The van der Waals surface area contributed by atoms with E-state index in [4.69, 9.17) is 21.1 Å². The van der Waals surface area contributed by atoms with E-state index >= 15 is 4.39 Å². The number of nitrogens with one attached hydrogen (secondary N) is 2. The Balaban J connectivity index is 1.71. The van der Waals surface area contributed by atoms with Crippen LogP contribution in [-0.4, -0.2) is 50.8 Å². The van der Waals surface area contributed by atoms with Gasteiger partial charge in [-0.2, -0.15) is 5.10 Å². The van der Waals surface area contributed by atoms with Gasteiger partial charge in [-0.3, -0.25) is 9.89 Å². The molecule has 37 heavy (non-hydrogen) atoms. The van der Waals surface area contributed by atoms with Crippen molar-refractivity contribution in [2.45, 2.75) is 78.0 Å². The second-order valence-electron chi connectivity index (χ2n) is 10.5. The molecule has 1 atom stereocenters. The van der Waals surface area contributed by atoms with Crippen LogP contribution in [0.1, 0.15) is 76.4 Å². The summed E-state index contributed by atoms with van der Waals surface area (Å²) < 4.78 is 25.7. The number of hydrogen-bond donors (Lipinski definition) is 2. The number of hydrogen-bond acceptors (Lipinski definition) is 6. The summed E-state index contributed by atoms with van der Waals surface area (Å²) in [6.07, 6.45) is 2.59. The molecule has 1 saturated carbocycles. The Bertz CT molecular complexity index is 1140. The molecule has 0 bridgehead atoms. The zero-order valence-electron chi connectivity index (χ0n) is 21.8. The lowest BCUT2D eigenvalue weighted by atomic mass is 9.85. The van der Waals surface area contributed by atoms with Crippen molar-refractivity contribution in [1.29, 1.82) is 0 Å². The van der Waals surface area contributed by atoms with Crippen LogP contribution in [0.15, 0.2) is 24.3 Å². The molecule has 0 unspecified atom stereocenters. The molecule has 1 heterocycles. The zero-order valence-corrected chi connectivity index (χ0v) is 22.6. The first-order valence-electron chi connectivity index (χ1n) is 12.3. The molecule has 9 nitrogen and oxygen atoms in total. The third kappa shape index (κ3) is 7.67. The quantitative estimate of drug-likeness (QED) is 0.334. The average Bonchev–Trinajstić information content (AvgIpc) is 3.21. The number of ether oxygens (including phenoxy) is 2. The summed E-state index contributed by atoms with van der Waals surface area (Å²) in [5, 5.41) is 9.25. The van der Waals surface area contributed by atoms with Crippen molar-refractivity contribution in [2.75, 3.05) is 6.54 Å². The van der Waals surface area contributed by atoms with E-state index in [1.165, 1.54) is 25.1 Å². The van der Waals surface area contributed by atoms with Crippen LogP contribution in [0.2, 0.25) is 5.15 Å². The molecule has 1 aromatic carbocycles. The molecule has 0 aliphatic heterocycles. The number of benzene rings is 1. The summed E-state index contributed by atoms with van der Waals surface area (Å²) in [4.78, 5) is 39.6. The Labute approximate surface area is 221 Å². The predicted octanol–water partition coefficient (Wildman–Crippen LogP) is 5.24. The number of H-pyrrole nitrogens is 1. The number of carbonyl (C=O) groups excluding carboxylic acids is 3. The van der Waals surface area contributed by atoms with Crippen molar-refractivity contribution in [3.05, 3.63) is 46.5 Å². The lowest BCUT2D eigenvalue weighted by Gasteiger charge is -2.32. The van der Waals surface area contributed by atoms with Crippen molar-refractivity contribution in [1.82, 2.24) is 20.4 Å². The molecule has 1 aromatic heterocycles. The van der Waals surface area contributed by atoms with E-state index in [9.17, 15) is 14.4 Å². The number of halogens is 2. The van der Waals surface area contributed by atoms with Crippen molar-refractivity contribution in [3.8, 4) is 5.75 Å². The Morgan fingerprint density at radius 3 is 2.43 bits per heavy atom. The van der Waals surface area contributed by atoms with Gasteiger partial charge < -0.3 is 19.7 Å². The number of carbonyl (C=O) groups is 3. The fourth-order valence-corrected chi connectivity index (χ4v) is 3.88. The molecule has 1 fully saturated rings. The van der Waals surface area contributed by atoms with E-state index in [0.717, 1.165) is 25.3 Å². The predicted molar refractivity (Wildman–Crippen MR) is 136 cm³/mol. The van der Waals surface area contributed by atoms with Gasteiger partial charge in [0.15, 0.2) is 5.69 Å². The minimum absolute atomic E-state index is 0.0205. The molecule has 11 heteroatoms. The summed E-state index contributed by atoms with van der Waals surface area (Å²) in [6, 6.07) is 5.46. The third-order valence-corrected chi connectivity index (χ3v) is 6.48.